The fourth-order valence-electron chi connectivity index (χ4n) is 1.96. The third kappa shape index (κ3) is 46.5. The Morgan fingerprint density at radius 3 is 1.07 bits per heavy atom. The zero-order valence-electron chi connectivity index (χ0n) is 15.3. The molecule has 1 aliphatic rings. The standard InChI is InChI=1S/C12H28N4.2ClHO4.Cu/c1-15-9-3-5-14-8-12-16(2)10-4-6-13-7-11-15;2*2-1(3,4)5;/h13-14H,3-12H2,1-2H3;2*(H,2,3,4,5);/q;;;+2/p-2. The van der Waals surface area contributed by atoms with Crippen molar-refractivity contribution in [2.24, 2.45) is 0 Å². The van der Waals surface area contributed by atoms with Gasteiger partial charge < -0.3 is 20.4 Å². The van der Waals surface area contributed by atoms with E-state index >= 15 is 0 Å². The molecule has 0 saturated carbocycles. The predicted octanol–water partition coefficient (Wildman–Crippen LogP) is -9.69. The average molecular weight is 491 g/mol. The van der Waals surface area contributed by atoms with Gasteiger partial charge in [-0.1, -0.05) is 0 Å². The van der Waals surface area contributed by atoms with Crippen LogP contribution in [0.25, 0.3) is 0 Å². The van der Waals surface area contributed by atoms with Crippen LogP contribution in [0.3, 0.4) is 0 Å². The van der Waals surface area contributed by atoms with Crippen LogP contribution in [0.5, 0.6) is 0 Å². The maximum atomic E-state index is 8.49. The number of likely N-dealkylation sites (N-methyl/N-ethyl adjacent to an activating group) is 2. The first kappa shape index (κ1) is 32.3. The number of hydrogen-bond donors (Lipinski definition) is 2. The first-order valence-electron chi connectivity index (χ1n) is 7.81. The van der Waals surface area contributed by atoms with E-state index in [1.54, 1.807) is 0 Å². The number of halogens is 2. The van der Waals surface area contributed by atoms with Crippen molar-refractivity contribution in [3.63, 3.8) is 0 Å². The molecule has 1 heterocycles. The second-order valence-corrected chi connectivity index (χ2v) is 7.08. The molecule has 12 nitrogen and oxygen atoms in total. The first-order valence-corrected chi connectivity index (χ1v) is 10.3. The van der Waals surface area contributed by atoms with Crippen LogP contribution < -0.4 is 47.9 Å². The molecule has 0 spiro atoms. The van der Waals surface area contributed by atoms with Crippen LogP contribution in [-0.4, -0.2) is 76.3 Å². The van der Waals surface area contributed by atoms with E-state index in [1.807, 2.05) is 0 Å². The fraction of sp³-hybridized carbons (Fsp3) is 1.00. The molecule has 1 saturated heterocycles. The van der Waals surface area contributed by atoms with E-state index in [-0.39, 0.29) is 17.1 Å². The molecule has 1 aliphatic heterocycles. The van der Waals surface area contributed by atoms with E-state index in [4.69, 9.17) is 37.3 Å². The molecule has 1 rings (SSSR count). The smallest absolute Gasteiger partial charge is 0.315 e. The van der Waals surface area contributed by atoms with Crippen molar-refractivity contribution in [2.75, 3.05) is 66.5 Å². The van der Waals surface area contributed by atoms with Gasteiger partial charge in [-0.2, -0.15) is 0 Å². The summed E-state index contributed by atoms with van der Waals surface area (Å²) in [6.07, 6.45) is 2.50. The van der Waals surface area contributed by atoms with Gasteiger partial charge in [0.25, 0.3) is 0 Å². The Morgan fingerprint density at radius 2 is 0.815 bits per heavy atom. The van der Waals surface area contributed by atoms with Crippen molar-refractivity contribution in [2.45, 2.75) is 12.8 Å². The Labute approximate surface area is 174 Å². The zero-order valence-corrected chi connectivity index (χ0v) is 17.7. The van der Waals surface area contributed by atoms with Gasteiger partial charge in [0.05, 0.1) is 0 Å². The molecule has 1 radical (unpaired) electrons. The van der Waals surface area contributed by atoms with Crippen molar-refractivity contribution in [3.8, 4) is 0 Å². The molecule has 0 aromatic carbocycles. The van der Waals surface area contributed by atoms with Gasteiger partial charge in [0.2, 0.25) is 0 Å². The summed E-state index contributed by atoms with van der Waals surface area (Å²) >= 11 is 0. The minimum absolute atomic E-state index is 0. The Kier molecular flexibility index (Phi) is 22.3. The van der Waals surface area contributed by atoms with Crippen LogP contribution in [0.2, 0.25) is 0 Å². The maximum absolute atomic E-state index is 8.49. The molecule has 15 heteroatoms. The summed E-state index contributed by atoms with van der Waals surface area (Å²) in [5.74, 6) is 0. The maximum Gasteiger partial charge on any atom is 2.00 e. The summed E-state index contributed by atoms with van der Waals surface area (Å²) in [5, 5.41) is 7.01. The van der Waals surface area contributed by atoms with Gasteiger partial charge in [-0.25, -0.2) is 37.3 Å². The molecule has 0 bridgehead atoms. The molecule has 0 amide bonds. The van der Waals surface area contributed by atoms with Crippen molar-refractivity contribution in [1.29, 1.82) is 0 Å². The molecule has 1 fully saturated rings. The largest absolute Gasteiger partial charge is 2.00 e. The minimum Gasteiger partial charge on any atom is -0.315 e. The third-order valence-corrected chi connectivity index (χ3v) is 3.13. The predicted molar refractivity (Wildman–Crippen MR) is 70.0 cm³/mol. The first-order chi connectivity index (χ1) is 11.8. The SMILES string of the molecule is CN1CCCNCCN(C)CCCNCC1.[Cu+2].[O-][Cl+3]([O-])([O-])[O-].[O-][Cl+3]([O-])([O-])[O-]. The van der Waals surface area contributed by atoms with E-state index in [0.29, 0.717) is 0 Å². The minimum atomic E-state index is -4.94. The molecule has 169 valence electrons. The van der Waals surface area contributed by atoms with Gasteiger partial charge in [-0.15, -0.1) is 20.5 Å². The molecule has 0 atom stereocenters. The molecule has 0 aliphatic carbocycles. The molecule has 0 aromatic heterocycles. The van der Waals surface area contributed by atoms with Crippen LogP contribution in [0.15, 0.2) is 0 Å². The van der Waals surface area contributed by atoms with Gasteiger partial charge in [0.15, 0.2) is 0 Å². The number of nitrogens with zero attached hydrogens (tertiary/aromatic N) is 2. The van der Waals surface area contributed by atoms with Crippen molar-refractivity contribution < 1.29 is 74.8 Å². The molecule has 2 N–H and O–H groups in total. The van der Waals surface area contributed by atoms with Gasteiger partial charge >= 0.3 is 17.1 Å². The summed E-state index contributed by atoms with van der Waals surface area (Å²) in [7, 11) is -5.47. The monoisotopic (exact) mass is 489 g/mol. The molecule has 0 aromatic rings. The summed E-state index contributed by atoms with van der Waals surface area (Å²) in [6, 6.07) is 0. The summed E-state index contributed by atoms with van der Waals surface area (Å²) < 4.78 is 67.9. The summed E-state index contributed by atoms with van der Waals surface area (Å²) in [5.41, 5.74) is 0. The van der Waals surface area contributed by atoms with Crippen LogP contribution in [-0.2, 0) is 17.1 Å². The quantitative estimate of drug-likeness (QED) is 0.302. The van der Waals surface area contributed by atoms with E-state index in [1.165, 1.54) is 25.9 Å². The van der Waals surface area contributed by atoms with E-state index in [2.05, 4.69) is 34.5 Å². The third-order valence-electron chi connectivity index (χ3n) is 3.13. The van der Waals surface area contributed by atoms with Gasteiger partial charge in [-0.3, -0.25) is 0 Å². The van der Waals surface area contributed by atoms with Crippen LogP contribution >= 0.6 is 0 Å². The van der Waals surface area contributed by atoms with Crippen LogP contribution in [0.4, 0.5) is 0 Å². The fourth-order valence-corrected chi connectivity index (χ4v) is 1.96. The van der Waals surface area contributed by atoms with Crippen molar-refractivity contribution in [3.05, 3.63) is 0 Å². The van der Waals surface area contributed by atoms with Crippen molar-refractivity contribution in [1.82, 2.24) is 20.4 Å². The zero-order chi connectivity index (χ0) is 20.6. The Hall–Kier alpha value is 0.619. The summed E-state index contributed by atoms with van der Waals surface area (Å²) in [6.45, 7) is 9.25. The van der Waals surface area contributed by atoms with Gasteiger partial charge in [-0.05, 0) is 53.1 Å². The van der Waals surface area contributed by atoms with Crippen LogP contribution in [0.1, 0.15) is 12.8 Å². The number of nitrogens with one attached hydrogen (secondary N) is 2. The Balaban J connectivity index is -0.000000436. The van der Waals surface area contributed by atoms with E-state index < -0.39 is 20.5 Å². The van der Waals surface area contributed by atoms with E-state index in [9.17, 15) is 0 Å². The van der Waals surface area contributed by atoms with Gasteiger partial charge in [0, 0.05) is 26.2 Å². The molecular weight excluding hydrogens is 463 g/mol. The normalized spacial score (nSPS) is 19.3. The van der Waals surface area contributed by atoms with Crippen molar-refractivity contribution >= 4 is 0 Å². The average Bonchev–Trinajstić information content (AvgIpc) is 2.42. The molecule has 27 heavy (non-hydrogen) atoms. The molecular formula is C12H28Cl2CuN4O8. The second kappa shape index (κ2) is 18.6. The molecule has 0 unspecified atom stereocenters. The second-order valence-electron chi connectivity index (χ2n) is 5.57. The topological polar surface area (TPSA) is 215 Å². The number of rotatable bonds is 0. The number of hydrogen-bond acceptors (Lipinski definition) is 12. The Bertz CT molecular complexity index is 269. The van der Waals surface area contributed by atoms with Crippen LogP contribution in [0, 0.1) is 20.5 Å². The summed E-state index contributed by atoms with van der Waals surface area (Å²) in [4.78, 5) is 4.82. The van der Waals surface area contributed by atoms with E-state index in [0.717, 1.165) is 39.3 Å². The Morgan fingerprint density at radius 1 is 0.556 bits per heavy atom. The van der Waals surface area contributed by atoms with Gasteiger partial charge in [0.1, 0.15) is 0 Å².